The lowest BCUT2D eigenvalue weighted by atomic mass is 9.80. The van der Waals surface area contributed by atoms with Gasteiger partial charge in [0.2, 0.25) is 10.0 Å². The van der Waals surface area contributed by atoms with Crippen LogP contribution in [0.1, 0.15) is 25.2 Å². The highest BCUT2D eigenvalue weighted by molar-refractivity contribution is 7.88. The molecule has 14 heteroatoms. The van der Waals surface area contributed by atoms with E-state index in [2.05, 4.69) is 19.7 Å². The van der Waals surface area contributed by atoms with Crippen LogP contribution in [0.5, 0.6) is 0 Å². The van der Waals surface area contributed by atoms with Crippen LogP contribution in [0.2, 0.25) is 0 Å². The SMILES string of the molecule is CC1C(CNS(C)(=O)=O)C(F)(F)C(C)CN1c1ccnc(-c2cnc3sc(C(F)F)cn23)n1. The Labute approximate surface area is 191 Å². The fourth-order valence-corrected chi connectivity index (χ4v) is 5.33. The van der Waals surface area contributed by atoms with Crippen molar-refractivity contribution in [2.75, 3.05) is 24.2 Å². The fourth-order valence-electron chi connectivity index (χ4n) is 4.04. The van der Waals surface area contributed by atoms with Gasteiger partial charge >= 0.3 is 0 Å². The summed E-state index contributed by atoms with van der Waals surface area (Å²) < 4.78 is 82.7. The first-order valence-corrected chi connectivity index (χ1v) is 12.8. The van der Waals surface area contributed by atoms with E-state index in [9.17, 15) is 26.0 Å². The van der Waals surface area contributed by atoms with E-state index in [-0.39, 0.29) is 17.2 Å². The second kappa shape index (κ2) is 8.47. The molecule has 8 nitrogen and oxygen atoms in total. The third-order valence-corrected chi connectivity index (χ3v) is 7.56. The van der Waals surface area contributed by atoms with Crippen molar-refractivity contribution in [1.82, 2.24) is 24.1 Å². The lowest BCUT2D eigenvalue weighted by Gasteiger charge is -2.47. The Balaban J connectivity index is 1.67. The molecule has 4 heterocycles. The number of halogens is 4. The van der Waals surface area contributed by atoms with Crippen LogP contribution in [-0.4, -0.2) is 59.1 Å². The highest BCUT2D eigenvalue weighted by atomic mass is 32.2. The Morgan fingerprint density at radius 2 is 2.03 bits per heavy atom. The maximum atomic E-state index is 15.0. The summed E-state index contributed by atoms with van der Waals surface area (Å²) in [4.78, 5) is 14.8. The lowest BCUT2D eigenvalue weighted by molar-refractivity contribution is -0.120. The first-order chi connectivity index (χ1) is 15.4. The smallest absolute Gasteiger partial charge is 0.274 e. The van der Waals surface area contributed by atoms with Crippen molar-refractivity contribution in [3.05, 3.63) is 29.5 Å². The van der Waals surface area contributed by atoms with E-state index in [1.165, 1.54) is 29.9 Å². The lowest BCUT2D eigenvalue weighted by Crippen LogP contribution is -2.60. The molecular formula is C19H22F4N6O2S2. The quantitative estimate of drug-likeness (QED) is 0.515. The summed E-state index contributed by atoms with van der Waals surface area (Å²) in [6, 6.07) is 0.832. The summed E-state index contributed by atoms with van der Waals surface area (Å²) in [6.45, 7) is 2.59. The van der Waals surface area contributed by atoms with Gasteiger partial charge in [0, 0.05) is 37.4 Å². The molecule has 3 aromatic rings. The average molecular weight is 507 g/mol. The molecule has 0 radical (unpaired) electrons. The van der Waals surface area contributed by atoms with Gasteiger partial charge in [-0.15, -0.1) is 0 Å². The molecular weight excluding hydrogens is 484 g/mol. The number of hydrogen-bond donors (Lipinski definition) is 1. The third kappa shape index (κ3) is 4.55. The first-order valence-electron chi connectivity index (χ1n) is 10.1. The molecule has 3 atom stereocenters. The zero-order valence-electron chi connectivity index (χ0n) is 17.9. The van der Waals surface area contributed by atoms with Crippen molar-refractivity contribution in [3.63, 3.8) is 0 Å². The van der Waals surface area contributed by atoms with Gasteiger partial charge in [0.15, 0.2) is 10.8 Å². The number of alkyl halides is 4. The number of rotatable bonds is 6. The molecule has 0 spiro atoms. The molecule has 0 aliphatic carbocycles. The first kappa shape index (κ1) is 23.8. The largest absolute Gasteiger partial charge is 0.353 e. The Kier molecular flexibility index (Phi) is 6.12. The number of piperidine rings is 1. The molecule has 3 aromatic heterocycles. The minimum atomic E-state index is -3.65. The molecule has 1 aliphatic rings. The Hall–Kier alpha value is -2.32. The summed E-state index contributed by atoms with van der Waals surface area (Å²) in [5.74, 6) is -4.86. The van der Waals surface area contributed by atoms with Gasteiger partial charge in [0.05, 0.1) is 23.2 Å². The van der Waals surface area contributed by atoms with Crippen LogP contribution < -0.4 is 9.62 Å². The van der Waals surface area contributed by atoms with Crippen molar-refractivity contribution < 1.29 is 26.0 Å². The Bertz CT molecular complexity index is 1260. The number of thiazole rings is 1. The van der Waals surface area contributed by atoms with Gasteiger partial charge < -0.3 is 4.90 Å². The summed E-state index contributed by atoms with van der Waals surface area (Å²) in [6.07, 6.45) is 2.50. The van der Waals surface area contributed by atoms with Crippen molar-refractivity contribution in [1.29, 1.82) is 0 Å². The van der Waals surface area contributed by atoms with Crippen LogP contribution >= 0.6 is 11.3 Å². The van der Waals surface area contributed by atoms with Crippen molar-refractivity contribution >= 4 is 32.1 Å². The minimum absolute atomic E-state index is 0.00417. The summed E-state index contributed by atoms with van der Waals surface area (Å²) >= 11 is 0.858. The predicted molar refractivity (Wildman–Crippen MR) is 116 cm³/mol. The van der Waals surface area contributed by atoms with E-state index in [0.29, 0.717) is 16.5 Å². The van der Waals surface area contributed by atoms with Crippen LogP contribution in [0.4, 0.5) is 23.4 Å². The van der Waals surface area contributed by atoms with Crippen LogP contribution in [0.3, 0.4) is 0 Å². The van der Waals surface area contributed by atoms with Gasteiger partial charge in [-0.05, 0) is 13.0 Å². The molecule has 1 aliphatic heterocycles. The van der Waals surface area contributed by atoms with Crippen molar-refractivity contribution in [3.8, 4) is 11.5 Å². The monoisotopic (exact) mass is 506 g/mol. The number of nitrogens with zero attached hydrogens (tertiary/aromatic N) is 5. The number of fused-ring (bicyclic) bond motifs is 1. The van der Waals surface area contributed by atoms with Gasteiger partial charge in [0.1, 0.15) is 11.5 Å². The zero-order valence-corrected chi connectivity index (χ0v) is 19.5. The maximum absolute atomic E-state index is 15.0. The van der Waals surface area contributed by atoms with Crippen LogP contribution in [-0.2, 0) is 10.0 Å². The number of hydrogen-bond acceptors (Lipinski definition) is 7. The third-order valence-electron chi connectivity index (χ3n) is 5.87. The van der Waals surface area contributed by atoms with E-state index in [4.69, 9.17) is 0 Å². The summed E-state index contributed by atoms with van der Waals surface area (Å²) in [5, 5.41) is 0. The Morgan fingerprint density at radius 1 is 1.30 bits per heavy atom. The van der Waals surface area contributed by atoms with Crippen molar-refractivity contribution in [2.45, 2.75) is 32.2 Å². The van der Waals surface area contributed by atoms with Crippen LogP contribution in [0, 0.1) is 11.8 Å². The Morgan fingerprint density at radius 3 is 2.70 bits per heavy atom. The predicted octanol–water partition coefficient (Wildman–Crippen LogP) is 3.44. The van der Waals surface area contributed by atoms with Crippen LogP contribution in [0.15, 0.2) is 24.7 Å². The molecule has 1 N–H and O–H groups in total. The van der Waals surface area contributed by atoms with Crippen molar-refractivity contribution in [2.24, 2.45) is 11.8 Å². The number of aromatic nitrogens is 4. The number of imidazole rings is 1. The van der Waals surface area contributed by atoms with Gasteiger partial charge in [-0.25, -0.2) is 45.7 Å². The molecule has 1 fully saturated rings. The zero-order chi connectivity index (χ0) is 24.1. The maximum Gasteiger partial charge on any atom is 0.274 e. The van der Waals surface area contributed by atoms with Crippen LogP contribution in [0.25, 0.3) is 16.5 Å². The molecule has 0 bridgehead atoms. The molecule has 4 rings (SSSR count). The second-order valence-electron chi connectivity index (χ2n) is 8.16. The molecule has 33 heavy (non-hydrogen) atoms. The van der Waals surface area contributed by atoms with Gasteiger partial charge in [-0.3, -0.25) is 4.40 Å². The fraction of sp³-hybridized carbons (Fsp3) is 0.526. The van der Waals surface area contributed by atoms with E-state index in [1.54, 1.807) is 17.9 Å². The van der Waals surface area contributed by atoms with Gasteiger partial charge in [-0.2, -0.15) is 0 Å². The molecule has 3 unspecified atom stereocenters. The van der Waals surface area contributed by atoms with E-state index in [1.807, 2.05) is 0 Å². The average Bonchev–Trinajstić information content (AvgIpc) is 3.31. The highest BCUT2D eigenvalue weighted by Crippen LogP contribution is 2.42. The normalized spacial score (nSPS) is 23.5. The van der Waals surface area contributed by atoms with Gasteiger partial charge in [-0.1, -0.05) is 18.3 Å². The summed E-state index contributed by atoms with van der Waals surface area (Å²) in [5.41, 5.74) is 0.397. The van der Waals surface area contributed by atoms with Gasteiger partial charge in [0.25, 0.3) is 12.3 Å². The molecule has 0 saturated carbocycles. The molecule has 0 aromatic carbocycles. The number of sulfonamides is 1. The molecule has 180 valence electrons. The molecule has 0 amide bonds. The minimum Gasteiger partial charge on any atom is -0.353 e. The molecule has 1 saturated heterocycles. The number of nitrogens with one attached hydrogen (secondary N) is 1. The van der Waals surface area contributed by atoms with E-state index < -0.39 is 46.8 Å². The highest BCUT2D eigenvalue weighted by Gasteiger charge is 2.53. The van der Waals surface area contributed by atoms with E-state index >= 15 is 0 Å². The number of anilines is 1. The summed E-state index contributed by atoms with van der Waals surface area (Å²) in [7, 11) is -3.65. The second-order valence-corrected chi connectivity index (χ2v) is 11.0. The standard InChI is InChI=1S/C19H22F4N6O2S2/c1-10-8-28(11(2)12(19(10,22)23)6-26-33(3,30)31)15-4-5-24-17(27-15)13-7-25-18-29(13)9-14(32-18)16(20)21/h4-5,7,9-12,16,26H,6,8H2,1-3H3. The van der Waals surface area contributed by atoms with E-state index in [0.717, 1.165) is 17.6 Å². The topological polar surface area (TPSA) is 92.5 Å².